The lowest BCUT2D eigenvalue weighted by Crippen LogP contribution is -2.50. The van der Waals surface area contributed by atoms with Gasteiger partial charge in [0.2, 0.25) is 28.6 Å². The monoisotopic (exact) mass is 551 g/mol. The molecule has 3 rings (SSSR count). The number of hydrogen-bond donors (Lipinski definition) is 1. The second kappa shape index (κ2) is 12.5. The third-order valence-corrected chi connectivity index (χ3v) is 7.33. The largest absolute Gasteiger partial charge is 0.454 e. The zero-order valence-corrected chi connectivity index (χ0v) is 23.1. The predicted octanol–water partition coefficient (Wildman–Crippen LogP) is 3.95. The van der Waals surface area contributed by atoms with E-state index in [1.54, 1.807) is 35.2 Å². The van der Waals surface area contributed by atoms with Crippen molar-refractivity contribution in [2.24, 2.45) is 0 Å². The van der Waals surface area contributed by atoms with Gasteiger partial charge in [-0.15, -0.1) is 0 Å². The molecule has 0 radical (unpaired) electrons. The van der Waals surface area contributed by atoms with Gasteiger partial charge in [-0.1, -0.05) is 30.7 Å². The van der Waals surface area contributed by atoms with Gasteiger partial charge in [0.05, 0.1) is 11.9 Å². The van der Waals surface area contributed by atoms with Crippen molar-refractivity contribution in [3.05, 3.63) is 53.1 Å². The van der Waals surface area contributed by atoms with Gasteiger partial charge in [0, 0.05) is 36.6 Å². The first-order chi connectivity index (χ1) is 17.5. The van der Waals surface area contributed by atoms with Gasteiger partial charge in [0.15, 0.2) is 11.5 Å². The van der Waals surface area contributed by atoms with Gasteiger partial charge < -0.3 is 19.7 Å². The SMILES string of the molecule is CC[C@H](C(=O)NC(C)C)N(Cc1ccc(Cl)cc1)C(=O)CCCN(c1ccc2c(c1)OCO2)S(C)(=O)=O. The summed E-state index contributed by atoms with van der Waals surface area (Å²) in [5, 5.41) is 3.48. The number of nitrogens with zero attached hydrogens (tertiary/aromatic N) is 2. The third-order valence-electron chi connectivity index (χ3n) is 5.88. The maximum Gasteiger partial charge on any atom is 0.243 e. The molecule has 1 atom stereocenters. The van der Waals surface area contributed by atoms with E-state index < -0.39 is 16.1 Å². The minimum absolute atomic E-state index is 0.0651. The van der Waals surface area contributed by atoms with Crippen LogP contribution < -0.4 is 19.1 Å². The molecule has 0 saturated heterocycles. The Morgan fingerprint density at radius 3 is 2.38 bits per heavy atom. The minimum Gasteiger partial charge on any atom is -0.454 e. The molecule has 2 aromatic carbocycles. The molecule has 11 heteroatoms. The van der Waals surface area contributed by atoms with Crippen molar-refractivity contribution in [3.63, 3.8) is 0 Å². The summed E-state index contributed by atoms with van der Waals surface area (Å²) in [4.78, 5) is 27.9. The number of benzene rings is 2. The molecule has 0 unspecified atom stereocenters. The van der Waals surface area contributed by atoms with Gasteiger partial charge in [-0.3, -0.25) is 13.9 Å². The van der Waals surface area contributed by atoms with E-state index in [0.29, 0.717) is 28.6 Å². The van der Waals surface area contributed by atoms with Crippen molar-refractivity contribution in [2.45, 2.75) is 58.7 Å². The molecule has 0 bridgehead atoms. The van der Waals surface area contributed by atoms with Crippen LogP contribution in [0, 0.1) is 0 Å². The van der Waals surface area contributed by atoms with Crippen molar-refractivity contribution < 1.29 is 27.5 Å². The normalized spacial score (nSPS) is 13.4. The summed E-state index contributed by atoms with van der Waals surface area (Å²) in [6, 6.07) is 11.3. The van der Waals surface area contributed by atoms with Gasteiger partial charge in [0.25, 0.3) is 0 Å². The lowest BCUT2D eigenvalue weighted by Gasteiger charge is -2.31. The Morgan fingerprint density at radius 2 is 1.76 bits per heavy atom. The molecule has 9 nitrogen and oxygen atoms in total. The quantitative estimate of drug-likeness (QED) is 0.428. The predicted molar refractivity (Wildman–Crippen MR) is 143 cm³/mol. The van der Waals surface area contributed by atoms with Crippen LogP contribution in [-0.4, -0.2) is 56.8 Å². The number of fused-ring (bicyclic) bond motifs is 1. The summed E-state index contributed by atoms with van der Waals surface area (Å²) in [5.74, 6) is 0.562. The van der Waals surface area contributed by atoms with Crippen LogP contribution in [0.3, 0.4) is 0 Å². The number of halogens is 1. The summed E-state index contributed by atoms with van der Waals surface area (Å²) in [5.41, 5.74) is 1.27. The van der Waals surface area contributed by atoms with Gasteiger partial charge in [-0.05, 0) is 56.5 Å². The molecular weight excluding hydrogens is 518 g/mol. The number of carbonyl (C=O) groups is 2. The molecule has 0 fully saturated rings. The van der Waals surface area contributed by atoms with Crippen LogP contribution in [0.2, 0.25) is 5.02 Å². The number of anilines is 1. The number of hydrogen-bond acceptors (Lipinski definition) is 6. The molecule has 2 aromatic rings. The van der Waals surface area contributed by atoms with E-state index in [0.717, 1.165) is 11.8 Å². The van der Waals surface area contributed by atoms with E-state index in [1.165, 1.54) is 4.31 Å². The number of amides is 2. The van der Waals surface area contributed by atoms with Crippen LogP contribution in [0.5, 0.6) is 11.5 Å². The number of nitrogens with one attached hydrogen (secondary N) is 1. The Morgan fingerprint density at radius 1 is 1.08 bits per heavy atom. The number of ether oxygens (including phenoxy) is 2. The molecule has 0 aromatic heterocycles. The molecule has 0 aliphatic carbocycles. The Labute approximate surface area is 223 Å². The maximum atomic E-state index is 13.4. The number of sulfonamides is 1. The molecule has 37 heavy (non-hydrogen) atoms. The van der Waals surface area contributed by atoms with Crippen molar-refractivity contribution in [3.8, 4) is 11.5 Å². The second-order valence-electron chi connectivity index (χ2n) is 9.21. The minimum atomic E-state index is -3.62. The van der Waals surface area contributed by atoms with Crippen LogP contribution in [0.25, 0.3) is 0 Å². The first kappa shape index (κ1) is 28.6. The van der Waals surface area contributed by atoms with Crippen LogP contribution in [-0.2, 0) is 26.2 Å². The molecule has 1 N–H and O–H groups in total. The highest BCUT2D eigenvalue weighted by atomic mass is 35.5. The first-order valence-corrected chi connectivity index (χ1v) is 14.4. The van der Waals surface area contributed by atoms with Crippen LogP contribution in [0.15, 0.2) is 42.5 Å². The highest BCUT2D eigenvalue weighted by molar-refractivity contribution is 7.92. The topological polar surface area (TPSA) is 105 Å². The smallest absolute Gasteiger partial charge is 0.243 e. The van der Waals surface area contributed by atoms with Gasteiger partial charge in [-0.2, -0.15) is 0 Å². The molecular formula is C26H34ClN3O6S. The summed E-state index contributed by atoms with van der Waals surface area (Å²) in [6.45, 7) is 6.00. The fraction of sp³-hybridized carbons (Fsp3) is 0.462. The Hall–Kier alpha value is -2.98. The van der Waals surface area contributed by atoms with E-state index in [1.807, 2.05) is 32.9 Å². The van der Waals surface area contributed by atoms with E-state index in [-0.39, 0.29) is 50.6 Å². The van der Waals surface area contributed by atoms with Crippen molar-refractivity contribution in [1.29, 1.82) is 0 Å². The molecule has 0 spiro atoms. The van der Waals surface area contributed by atoms with Crippen LogP contribution in [0.4, 0.5) is 5.69 Å². The Bertz CT molecular complexity index is 1200. The molecule has 1 aliphatic rings. The number of carbonyl (C=O) groups excluding carboxylic acids is 2. The fourth-order valence-corrected chi connectivity index (χ4v) is 5.21. The molecule has 0 saturated carbocycles. The van der Waals surface area contributed by atoms with E-state index in [2.05, 4.69) is 5.32 Å². The van der Waals surface area contributed by atoms with E-state index in [4.69, 9.17) is 21.1 Å². The van der Waals surface area contributed by atoms with Gasteiger partial charge >= 0.3 is 0 Å². The highest BCUT2D eigenvalue weighted by Gasteiger charge is 2.29. The van der Waals surface area contributed by atoms with Gasteiger partial charge in [0.1, 0.15) is 6.04 Å². The Balaban J connectivity index is 1.76. The van der Waals surface area contributed by atoms with Crippen LogP contribution in [0.1, 0.15) is 45.6 Å². The van der Waals surface area contributed by atoms with E-state index in [9.17, 15) is 18.0 Å². The summed E-state index contributed by atoms with van der Waals surface area (Å²) in [7, 11) is -3.62. The standard InChI is InChI=1S/C26H34ClN3O6S/c1-5-22(26(32)28-18(2)3)29(16-19-8-10-20(27)11-9-19)25(31)7-6-14-30(37(4,33)34)21-12-13-23-24(15-21)36-17-35-23/h8-13,15,18,22H,5-7,14,16-17H2,1-4H3,(H,28,32)/t22-/m1/s1. The van der Waals surface area contributed by atoms with Gasteiger partial charge in [-0.25, -0.2) is 8.42 Å². The number of rotatable bonds is 12. The molecule has 2 amide bonds. The summed E-state index contributed by atoms with van der Waals surface area (Å²) in [6.07, 6.45) is 1.88. The maximum absolute atomic E-state index is 13.4. The molecule has 1 heterocycles. The lowest BCUT2D eigenvalue weighted by molar-refractivity contribution is -0.141. The lowest BCUT2D eigenvalue weighted by atomic mass is 10.1. The average Bonchev–Trinajstić information content (AvgIpc) is 3.29. The second-order valence-corrected chi connectivity index (χ2v) is 11.6. The van der Waals surface area contributed by atoms with E-state index >= 15 is 0 Å². The fourth-order valence-electron chi connectivity index (χ4n) is 4.13. The summed E-state index contributed by atoms with van der Waals surface area (Å²) >= 11 is 6.01. The van der Waals surface area contributed by atoms with Crippen molar-refractivity contribution in [2.75, 3.05) is 23.9 Å². The third kappa shape index (κ3) is 7.75. The molecule has 202 valence electrons. The Kier molecular flexibility index (Phi) is 9.67. The average molecular weight is 552 g/mol. The zero-order chi connectivity index (χ0) is 27.2. The first-order valence-electron chi connectivity index (χ1n) is 12.2. The van der Waals surface area contributed by atoms with Crippen molar-refractivity contribution >= 4 is 39.1 Å². The van der Waals surface area contributed by atoms with Crippen LogP contribution >= 0.6 is 11.6 Å². The van der Waals surface area contributed by atoms with Crippen molar-refractivity contribution in [1.82, 2.24) is 10.2 Å². The molecule has 1 aliphatic heterocycles. The zero-order valence-electron chi connectivity index (χ0n) is 21.6. The summed E-state index contributed by atoms with van der Waals surface area (Å²) < 4.78 is 37.0. The highest BCUT2D eigenvalue weighted by Crippen LogP contribution is 2.36.